The van der Waals surface area contributed by atoms with Gasteiger partial charge in [0.1, 0.15) is 0 Å². The molecule has 0 aromatic heterocycles. The molecule has 0 fully saturated rings. The number of benzene rings is 1. The lowest BCUT2D eigenvalue weighted by atomic mass is 10.1. The molecular formula is C13H19NO3S. The predicted octanol–water partition coefficient (Wildman–Crippen LogP) is 2.15. The van der Waals surface area contributed by atoms with Gasteiger partial charge in [0.15, 0.2) is 0 Å². The van der Waals surface area contributed by atoms with Crippen LogP contribution in [0.15, 0.2) is 23.1 Å². The van der Waals surface area contributed by atoms with Crippen molar-refractivity contribution in [3.05, 3.63) is 29.3 Å². The maximum atomic E-state index is 12.1. The summed E-state index contributed by atoms with van der Waals surface area (Å²) in [5, 5.41) is 0. The first-order valence-corrected chi connectivity index (χ1v) is 7.40. The van der Waals surface area contributed by atoms with Crippen LogP contribution in [0.2, 0.25) is 0 Å². The number of nitrogens with one attached hydrogen (secondary N) is 1. The third kappa shape index (κ3) is 3.32. The highest BCUT2D eigenvalue weighted by Crippen LogP contribution is 2.17. The first-order valence-electron chi connectivity index (χ1n) is 5.92. The maximum absolute atomic E-state index is 12.1. The Labute approximate surface area is 108 Å². The first kappa shape index (κ1) is 14.7. The SMILES string of the molecule is CCC(C)C(=O)NS(=O)(=O)c1cc(C)ccc1C. The summed E-state index contributed by atoms with van der Waals surface area (Å²) in [5.41, 5.74) is 1.47. The molecule has 18 heavy (non-hydrogen) atoms. The van der Waals surface area contributed by atoms with Gasteiger partial charge < -0.3 is 0 Å². The average Bonchev–Trinajstić information content (AvgIpc) is 2.30. The second kappa shape index (κ2) is 5.52. The van der Waals surface area contributed by atoms with E-state index in [1.165, 1.54) is 0 Å². The Balaban J connectivity index is 3.07. The van der Waals surface area contributed by atoms with Crippen molar-refractivity contribution in [2.24, 2.45) is 5.92 Å². The lowest BCUT2D eigenvalue weighted by Gasteiger charge is -2.12. The number of aryl methyl sites for hydroxylation is 2. The van der Waals surface area contributed by atoms with Crippen molar-refractivity contribution < 1.29 is 13.2 Å². The van der Waals surface area contributed by atoms with Gasteiger partial charge in [0.25, 0.3) is 10.0 Å². The van der Waals surface area contributed by atoms with Crippen molar-refractivity contribution in [1.82, 2.24) is 4.72 Å². The number of carbonyl (C=O) groups excluding carboxylic acids is 1. The average molecular weight is 269 g/mol. The van der Waals surface area contributed by atoms with Crippen LogP contribution in [0.3, 0.4) is 0 Å². The Morgan fingerprint density at radius 2 is 1.94 bits per heavy atom. The Morgan fingerprint density at radius 3 is 2.50 bits per heavy atom. The molecule has 4 nitrogen and oxygen atoms in total. The molecule has 100 valence electrons. The molecule has 0 bridgehead atoms. The van der Waals surface area contributed by atoms with Crippen LogP contribution in [0.1, 0.15) is 31.4 Å². The number of hydrogen-bond acceptors (Lipinski definition) is 3. The number of amides is 1. The van der Waals surface area contributed by atoms with Crippen LogP contribution in [0.25, 0.3) is 0 Å². The van der Waals surface area contributed by atoms with Gasteiger partial charge in [0.05, 0.1) is 4.90 Å². The molecule has 1 amide bonds. The zero-order valence-corrected chi connectivity index (χ0v) is 12.0. The van der Waals surface area contributed by atoms with Gasteiger partial charge in [-0.25, -0.2) is 13.1 Å². The van der Waals surface area contributed by atoms with Crippen LogP contribution in [0, 0.1) is 19.8 Å². The second-order valence-corrected chi connectivity index (χ2v) is 6.20. The van der Waals surface area contributed by atoms with Crippen LogP contribution in [-0.2, 0) is 14.8 Å². The fourth-order valence-corrected chi connectivity index (χ4v) is 2.88. The van der Waals surface area contributed by atoms with Crippen molar-refractivity contribution in [1.29, 1.82) is 0 Å². The third-order valence-electron chi connectivity index (χ3n) is 2.93. The van der Waals surface area contributed by atoms with E-state index in [4.69, 9.17) is 0 Å². The van der Waals surface area contributed by atoms with E-state index in [0.717, 1.165) is 5.56 Å². The quantitative estimate of drug-likeness (QED) is 0.911. The summed E-state index contributed by atoms with van der Waals surface area (Å²) < 4.78 is 26.3. The molecule has 0 saturated carbocycles. The lowest BCUT2D eigenvalue weighted by molar-refractivity contribution is -0.122. The highest BCUT2D eigenvalue weighted by atomic mass is 32.2. The van der Waals surface area contributed by atoms with E-state index >= 15 is 0 Å². The number of hydrogen-bond donors (Lipinski definition) is 1. The molecular weight excluding hydrogens is 250 g/mol. The number of sulfonamides is 1. The van der Waals surface area contributed by atoms with Gasteiger partial charge in [-0.05, 0) is 37.5 Å². The molecule has 0 spiro atoms. The highest BCUT2D eigenvalue weighted by Gasteiger charge is 2.22. The molecule has 1 atom stereocenters. The van der Waals surface area contributed by atoms with E-state index in [0.29, 0.717) is 12.0 Å². The summed E-state index contributed by atoms with van der Waals surface area (Å²) in [5.74, 6) is -0.775. The topological polar surface area (TPSA) is 63.2 Å². The van der Waals surface area contributed by atoms with Gasteiger partial charge in [0.2, 0.25) is 5.91 Å². The normalized spacial score (nSPS) is 13.1. The molecule has 0 saturated heterocycles. The smallest absolute Gasteiger partial charge is 0.264 e. The predicted molar refractivity (Wildman–Crippen MR) is 70.7 cm³/mol. The first-order chi connectivity index (χ1) is 8.27. The van der Waals surface area contributed by atoms with Gasteiger partial charge in [-0.15, -0.1) is 0 Å². The van der Waals surface area contributed by atoms with Crippen LogP contribution < -0.4 is 4.72 Å². The van der Waals surface area contributed by atoms with Gasteiger partial charge in [-0.2, -0.15) is 0 Å². The van der Waals surface area contributed by atoms with E-state index < -0.39 is 15.9 Å². The molecule has 1 aromatic carbocycles. The van der Waals surface area contributed by atoms with Crippen molar-refractivity contribution >= 4 is 15.9 Å². The number of rotatable bonds is 4. The zero-order chi connectivity index (χ0) is 13.9. The minimum atomic E-state index is -3.77. The maximum Gasteiger partial charge on any atom is 0.264 e. The summed E-state index contributed by atoms with van der Waals surface area (Å²) in [6, 6.07) is 5.14. The van der Waals surface area contributed by atoms with Crippen LogP contribution in [0.4, 0.5) is 0 Å². The standard InChI is InChI=1S/C13H19NO3S/c1-5-10(3)13(15)14-18(16,17)12-8-9(2)6-7-11(12)4/h6-8,10H,5H2,1-4H3,(H,14,15). The monoisotopic (exact) mass is 269 g/mol. The summed E-state index contributed by atoms with van der Waals surface area (Å²) in [7, 11) is -3.77. The van der Waals surface area contributed by atoms with E-state index in [2.05, 4.69) is 4.72 Å². The largest absolute Gasteiger partial charge is 0.274 e. The molecule has 0 aliphatic heterocycles. The molecule has 0 radical (unpaired) electrons. The minimum Gasteiger partial charge on any atom is -0.274 e. The van der Waals surface area contributed by atoms with E-state index in [9.17, 15) is 13.2 Å². The molecule has 0 aliphatic rings. The Kier molecular flexibility index (Phi) is 4.51. The summed E-state index contributed by atoms with van der Waals surface area (Å²) in [4.78, 5) is 11.8. The van der Waals surface area contributed by atoms with Crippen molar-refractivity contribution in [3.63, 3.8) is 0 Å². The number of carbonyl (C=O) groups is 1. The van der Waals surface area contributed by atoms with E-state index in [1.807, 2.05) is 19.9 Å². The van der Waals surface area contributed by atoms with Crippen LogP contribution in [0.5, 0.6) is 0 Å². The zero-order valence-electron chi connectivity index (χ0n) is 11.1. The van der Waals surface area contributed by atoms with Crippen molar-refractivity contribution in [2.75, 3.05) is 0 Å². The van der Waals surface area contributed by atoms with Crippen molar-refractivity contribution in [2.45, 2.75) is 39.0 Å². The van der Waals surface area contributed by atoms with Gasteiger partial charge in [0, 0.05) is 5.92 Å². The van der Waals surface area contributed by atoms with Gasteiger partial charge in [-0.1, -0.05) is 26.0 Å². The Morgan fingerprint density at radius 1 is 1.33 bits per heavy atom. The minimum absolute atomic E-state index is 0.166. The Hall–Kier alpha value is -1.36. The fraction of sp³-hybridized carbons (Fsp3) is 0.462. The van der Waals surface area contributed by atoms with E-state index in [1.54, 1.807) is 26.0 Å². The second-order valence-electron chi connectivity index (χ2n) is 4.55. The summed E-state index contributed by atoms with van der Waals surface area (Å²) in [6.07, 6.45) is 0.605. The molecule has 0 heterocycles. The summed E-state index contributed by atoms with van der Waals surface area (Å²) >= 11 is 0. The third-order valence-corrected chi connectivity index (χ3v) is 4.42. The fourth-order valence-electron chi connectivity index (χ4n) is 1.47. The van der Waals surface area contributed by atoms with E-state index in [-0.39, 0.29) is 10.8 Å². The van der Waals surface area contributed by atoms with Crippen LogP contribution >= 0.6 is 0 Å². The molecule has 1 N–H and O–H groups in total. The van der Waals surface area contributed by atoms with Gasteiger partial charge >= 0.3 is 0 Å². The molecule has 0 aliphatic carbocycles. The van der Waals surface area contributed by atoms with Crippen molar-refractivity contribution in [3.8, 4) is 0 Å². The Bertz CT molecular complexity index is 549. The van der Waals surface area contributed by atoms with Gasteiger partial charge in [-0.3, -0.25) is 4.79 Å². The molecule has 1 unspecified atom stereocenters. The summed E-state index contributed by atoms with van der Waals surface area (Å²) in [6.45, 7) is 7.07. The highest BCUT2D eigenvalue weighted by molar-refractivity contribution is 7.90. The molecule has 1 rings (SSSR count). The molecule has 5 heteroatoms. The molecule has 1 aromatic rings. The lowest BCUT2D eigenvalue weighted by Crippen LogP contribution is -2.34. The van der Waals surface area contributed by atoms with Crippen LogP contribution in [-0.4, -0.2) is 14.3 Å².